The largest absolute Gasteiger partial charge is 0.490 e. The number of aromatic nitrogens is 1. The number of amides is 1. The van der Waals surface area contributed by atoms with Crippen LogP contribution >= 0.6 is 0 Å². The highest BCUT2D eigenvalue weighted by Crippen LogP contribution is 2.33. The predicted molar refractivity (Wildman–Crippen MR) is 116 cm³/mol. The van der Waals surface area contributed by atoms with Gasteiger partial charge in [-0.2, -0.15) is 0 Å². The number of carbonyl (C=O) groups is 1. The molecular weight excluding hydrogens is 364 g/mol. The van der Waals surface area contributed by atoms with Crippen LogP contribution in [-0.4, -0.2) is 24.1 Å². The van der Waals surface area contributed by atoms with Gasteiger partial charge < -0.3 is 19.8 Å². The van der Waals surface area contributed by atoms with Gasteiger partial charge in [0, 0.05) is 33.9 Å². The summed E-state index contributed by atoms with van der Waals surface area (Å²) in [6, 6.07) is 11.4. The zero-order valence-corrected chi connectivity index (χ0v) is 17.3. The van der Waals surface area contributed by atoms with Crippen LogP contribution in [0.5, 0.6) is 11.5 Å². The van der Waals surface area contributed by atoms with Crippen LogP contribution in [0.25, 0.3) is 10.9 Å². The molecule has 1 atom stereocenters. The van der Waals surface area contributed by atoms with Crippen LogP contribution in [-0.2, 0) is 12.8 Å². The van der Waals surface area contributed by atoms with E-state index in [2.05, 4.69) is 17.2 Å². The van der Waals surface area contributed by atoms with Crippen LogP contribution in [0.15, 0.2) is 36.4 Å². The average molecular weight is 392 g/mol. The molecule has 1 amide bonds. The van der Waals surface area contributed by atoms with E-state index >= 15 is 0 Å². The standard InChI is InChI=1S/C24H28N2O3/c1-4-28-22-11-8-17(14-23(22)29-5-2)25-24(27)16-7-10-21-19(13-16)18-12-15(3)6-9-20(18)26-21/h7-8,10-11,13-15,26H,4-6,9,12H2,1-3H3,(H,25,27). The normalized spacial score (nSPS) is 15.8. The van der Waals surface area contributed by atoms with Crippen LogP contribution in [0.1, 0.15) is 48.8 Å². The average Bonchev–Trinajstić information content (AvgIpc) is 3.07. The smallest absolute Gasteiger partial charge is 0.255 e. The van der Waals surface area contributed by atoms with Crippen LogP contribution in [0.2, 0.25) is 0 Å². The molecule has 1 heterocycles. The molecule has 1 aliphatic rings. The van der Waals surface area contributed by atoms with E-state index in [1.165, 1.54) is 23.1 Å². The van der Waals surface area contributed by atoms with Gasteiger partial charge in [-0.15, -0.1) is 0 Å². The molecule has 1 aromatic heterocycles. The van der Waals surface area contributed by atoms with Crippen molar-refractivity contribution in [2.75, 3.05) is 18.5 Å². The quantitative estimate of drug-likeness (QED) is 0.595. The molecule has 29 heavy (non-hydrogen) atoms. The van der Waals surface area contributed by atoms with E-state index in [0.717, 1.165) is 18.4 Å². The minimum Gasteiger partial charge on any atom is -0.490 e. The summed E-state index contributed by atoms with van der Waals surface area (Å²) in [4.78, 5) is 16.4. The maximum atomic E-state index is 12.9. The first-order chi connectivity index (χ1) is 14.1. The molecule has 5 nitrogen and oxygen atoms in total. The van der Waals surface area contributed by atoms with Crippen molar-refractivity contribution in [3.63, 3.8) is 0 Å². The lowest BCUT2D eigenvalue weighted by Crippen LogP contribution is -2.12. The molecule has 0 bridgehead atoms. The molecule has 1 aliphatic carbocycles. The van der Waals surface area contributed by atoms with Gasteiger partial charge >= 0.3 is 0 Å². The summed E-state index contributed by atoms with van der Waals surface area (Å²) >= 11 is 0. The SMILES string of the molecule is CCOc1ccc(NC(=O)c2ccc3[nH]c4c(c3c2)CC(C)CC4)cc1OCC. The zero-order valence-electron chi connectivity index (χ0n) is 17.3. The maximum Gasteiger partial charge on any atom is 0.255 e. The number of rotatable bonds is 6. The number of aryl methyl sites for hydroxylation is 1. The molecule has 0 radical (unpaired) electrons. The first-order valence-corrected chi connectivity index (χ1v) is 10.4. The topological polar surface area (TPSA) is 63.3 Å². The van der Waals surface area contributed by atoms with E-state index in [9.17, 15) is 4.79 Å². The minimum absolute atomic E-state index is 0.127. The molecule has 0 spiro atoms. The number of carbonyl (C=O) groups excluding carboxylic acids is 1. The Bertz CT molecular complexity index is 1040. The third-order valence-electron chi connectivity index (χ3n) is 5.50. The van der Waals surface area contributed by atoms with Crippen LogP contribution in [0.4, 0.5) is 5.69 Å². The number of aromatic amines is 1. The van der Waals surface area contributed by atoms with Crippen molar-refractivity contribution in [1.82, 2.24) is 4.98 Å². The highest BCUT2D eigenvalue weighted by atomic mass is 16.5. The molecular formula is C24H28N2O3. The number of anilines is 1. The molecule has 0 saturated heterocycles. The van der Waals surface area contributed by atoms with Crippen molar-refractivity contribution in [2.45, 2.75) is 40.0 Å². The van der Waals surface area contributed by atoms with Gasteiger partial charge in [0.1, 0.15) is 0 Å². The summed E-state index contributed by atoms with van der Waals surface area (Å²) in [5, 5.41) is 4.15. The monoisotopic (exact) mass is 392 g/mol. The summed E-state index contributed by atoms with van der Waals surface area (Å²) in [5.41, 5.74) is 5.15. The maximum absolute atomic E-state index is 12.9. The van der Waals surface area contributed by atoms with Crippen LogP contribution in [0.3, 0.4) is 0 Å². The fourth-order valence-electron chi connectivity index (χ4n) is 4.06. The van der Waals surface area contributed by atoms with Crippen LogP contribution < -0.4 is 14.8 Å². The van der Waals surface area contributed by atoms with Gasteiger partial charge in [0.2, 0.25) is 0 Å². The molecule has 0 saturated carbocycles. The van der Waals surface area contributed by atoms with Gasteiger partial charge in [0.15, 0.2) is 11.5 Å². The second kappa shape index (κ2) is 8.19. The molecule has 2 N–H and O–H groups in total. The van der Waals surface area contributed by atoms with Gasteiger partial charge in [0.05, 0.1) is 13.2 Å². The van der Waals surface area contributed by atoms with E-state index in [1.54, 1.807) is 0 Å². The Kier molecular flexibility index (Phi) is 5.47. The molecule has 152 valence electrons. The van der Waals surface area contributed by atoms with E-state index in [0.29, 0.717) is 41.9 Å². The zero-order chi connectivity index (χ0) is 20.4. The first kappa shape index (κ1) is 19.4. The highest BCUT2D eigenvalue weighted by Gasteiger charge is 2.20. The summed E-state index contributed by atoms with van der Waals surface area (Å²) in [5.74, 6) is 1.87. The Morgan fingerprint density at radius 3 is 2.69 bits per heavy atom. The molecule has 2 aromatic carbocycles. The van der Waals surface area contributed by atoms with Gasteiger partial charge in [-0.3, -0.25) is 4.79 Å². The number of H-pyrrole nitrogens is 1. The van der Waals surface area contributed by atoms with Crippen molar-refractivity contribution in [3.8, 4) is 11.5 Å². The van der Waals surface area contributed by atoms with Crippen molar-refractivity contribution in [2.24, 2.45) is 5.92 Å². The summed E-state index contributed by atoms with van der Waals surface area (Å²) in [6.07, 6.45) is 3.36. The molecule has 1 unspecified atom stereocenters. The van der Waals surface area contributed by atoms with Gasteiger partial charge in [-0.1, -0.05) is 6.92 Å². The van der Waals surface area contributed by atoms with E-state index in [-0.39, 0.29) is 5.91 Å². The highest BCUT2D eigenvalue weighted by molar-refractivity contribution is 6.06. The Labute approximate surface area is 171 Å². The number of hydrogen-bond donors (Lipinski definition) is 2. The third-order valence-corrected chi connectivity index (χ3v) is 5.50. The molecule has 0 aliphatic heterocycles. The number of nitrogens with one attached hydrogen (secondary N) is 2. The second-order valence-electron chi connectivity index (χ2n) is 7.67. The first-order valence-electron chi connectivity index (χ1n) is 10.4. The number of benzene rings is 2. The molecule has 5 heteroatoms. The Hall–Kier alpha value is -2.95. The summed E-state index contributed by atoms with van der Waals surface area (Å²) in [6.45, 7) is 7.24. The second-order valence-corrected chi connectivity index (χ2v) is 7.67. The lowest BCUT2D eigenvalue weighted by molar-refractivity contribution is 0.102. The van der Waals surface area contributed by atoms with Crippen molar-refractivity contribution >= 4 is 22.5 Å². The van der Waals surface area contributed by atoms with Crippen molar-refractivity contribution < 1.29 is 14.3 Å². The summed E-state index contributed by atoms with van der Waals surface area (Å²) < 4.78 is 11.3. The summed E-state index contributed by atoms with van der Waals surface area (Å²) in [7, 11) is 0. The van der Waals surface area contributed by atoms with E-state index in [1.807, 2.05) is 50.2 Å². The number of fused-ring (bicyclic) bond motifs is 3. The number of ether oxygens (including phenoxy) is 2. The minimum atomic E-state index is -0.127. The molecule has 4 rings (SSSR count). The molecule has 3 aromatic rings. The Balaban J connectivity index is 1.59. The lowest BCUT2D eigenvalue weighted by Gasteiger charge is -2.18. The van der Waals surface area contributed by atoms with E-state index < -0.39 is 0 Å². The Morgan fingerprint density at radius 1 is 1.10 bits per heavy atom. The third kappa shape index (κ3) is 3.95. The fourth-order valence-corrected chi connectivity index (χ4v) is 4.06. The van der Waals surface area contributed by atoms with Gasteiger partial charge in [-0.25, -0.2) is 0 Å². The van der Waals surface area contributed by atoms with Crippen molar-refractivity contribution in [3.05, 3.63) is 53.2 Å². The number of hydrogen-bond acceptors (Lipinski definition) is 3. The van der Waals surface area contributed by atoms with Gasteiger partial charge in [-0.05, 0) is 74.9 Å². The van der Waals surface area contributed by atoms with Crippen molar-refractivity contribution in [1.29, 1.82) is 0 Å². The molecule has 0 fully saturated rings. The van der Waals surface area contributed by atoms with E-state index in [4.69, 9.17) is 9.47 Å². The van der Waals surface area contributed by atoms with Gasteiger partial charge in [0.25, 0.3) is 5.91 Å². The van der Waals surface area contributed by atoms with Crippen LogP contribution in [0, 0.1) is 5.92 Å². The Morgan fingerprint density at radius 2 is 1.90 bits per heavy atom. The lowest BCUT2D eigenvalue weighted by atomic mass is 9.87. The fraction of sp³-hybridized carbons (Fsp3) is 0.375. The predicted octanol–water partition coefficient (Wildman–Crippen LogP) is 5.34.